The third-order valence-corrected chi connectivity index (χ3v) is 4.98. The van der Waals surface area contributed by atoms with Crippen molar-refractivity contribution in [2.75, 3.05) is 6.61 Å². The molecule has 0 amide bonds. The number of rotatable bonds is 8. The summed E-state index contributed by atoms with van der Waals surface area (Å²) in [5.74, 6) is -2.80. The molecule has 0 bridgehead atoms. The van der Waals surface area contributed by atoms with Crippen LogP contribution in [0.2, 0.25) is 0 Å². The van der Waals surface area contributed by atoms with Gasteiger partial charge in [0.1, 0.15) is 11.6 Å². The van der Waals surface area contributed by atoms with Crippen LogP contribution in [0.5, 0.6) is 0 Å². The molecule has 32 heavy (non-hydrogen) atoms. The summed E-state index contributed by atoms with van der Waals surface area (Å²) in [6.07, 6.45) is -0.871. The lowest BCUT2D eigenvalue weighted by Crippen LogP contribution is -2.21. The molecule has 0 unspecified atom stereocenters. The van der Waals surface area contributed by atoms with E-state index in [2.05, 4.69) is 0 Å². The molecule has 2 rings (SSSR count). The highest BCUT2D eigenvalue weighted by Crippen LogP contribution is 2.39. The van der Waals surface area contributed by atoms with Crippen LogP contribution in [0.4, 0.5) is 22.0 Å². The summed E-state index contributed by atoms with van der Waals surface area (Å²) < 4.78 is 74.6. The Morgan fingerprint density at radius 2 is 1.88 bits per heavy atom. The van der Waals surface area contributed by atoms with Gasteiger partial charge in [-0.25, -0.2) is 8.78 Å². The van der Waals surface area contributed by atoms with Crippen LogP contribution in [0, 0.1) is 18.6 Å². The summed E-state index contributed by atoms with van der Waals surface area (Å²) >= 11 is 0. The number of hydrogen-bond donors (Lipinski definition) is 1. The highest BCUT2D eigenvalue weighted by Gasteiger charge is 2.37. The Balaban J connectivity index is 2.70. The number of carbonyl (C=O) groups is 1. The van der Waals surface area contributed by atoms with Gasteiger partial charge in [-0.3, -0.25) is 4.79 Å². The van der Waals surface area contributed by atoms with Crippen LogP contribution in [0.25, 0.3) is 11.1 Å². The fraction of sp³-hybridized carbons (Fsp3) is 0.375. The Morgan fingerprint density at radius 3 is 2.47 bits per heavy atom. The SMILES string of the molecule is CC=CCCc1cc(F)cc(C)c1-c1cc([C@@H](N)CC(=O)OCC)c(F)c(C(F)(F)F)c1. The highest BCUT2D eigenvalue weighted by atomic mass is 19.4. The van der Waals surface area contributed by atoms with Gasteiger partial charge in [0, 0.05) is 11.6 Å². The van der Waals surface area contributed by atoms with E-state index in [9.17, 15) is 26.7 Å². The van der Waals surface area contributed by atoms with E-state index in [1.54, 1.807) is 13.8 Å². The molecule has 0 fully saturated rings. The van der Waals surface area contributed by atoms with E-state index < -0.39 is 47.4 Å². The first-order valence-corrected chi connectivity index (χ1v) is 10.2. The van der Waals surface area contributed by atoms with Crippen LogP contribution < -0.4 is 5.73 Å². The molecule has 1 atom stereocenters. The van der Waals surface area contributed by atoms with Gasteiger partial charge in [0.2, 0.25) is 0 Å². The van der Waals surface area contributed by atoms with Gasteiger partial charge >= 0.3 is 12.1 Å². The van der Waals surface area contributed by atoms with Crippen molar-refractivity contribution in [3.8, 4) is 11.1 Å². The summed E-state index contributed by atoms with van der Waals surface area (Å²) in [4.78, 5) is 11.8. The maximum Gasteiger partial charge on any atom is 0.419 e. The number of allylic oxidation sites excluding steroid dienone is 2. The van der Waals surface area contributed by atoms with Crippen molar-refractivity contribution in [3.05, 3.63) is 70.3 Å². The lowest BCUT2D eigenvalue weighted by molar-refractivity contribution is -0.143. The standard InChI is InChI=1S/C24H26F5NO2/c1-4-6-7-8-15-10-17(25)9-14(3)22(15)16-11-18(20(30)13-21(31)32-5-2)23(26)19(12-16)24(27,28)29/h4,6,9-12,20H,5,7-8,13,30H2,1-3H3/t20-/m0/s1. The first kappa shape index (κ1) is 25.5. The fourth-order valence-electron chi connectivity index (χ4n) is 3.61. The minimum absolute atomic E-state index is 0.0565. The first-order chi connectivity index (χ1) is 15.0. The molecule has 0 aliphatic heterocycles. The molecule has 2 aromatic carbocycles. The molecular formula is C24H26F5NO2. The summed E-state index contributed by atoms with van der Waals surface area (Å²) in [6, 6.07) is 3.04. The number of benzene rings is 2. The average molecular weight is 455 g/mol. The minimum Gasteiger partial charge on any atom is -0.466 e. The lowest BCUT2D eigenvalue weighted by atomic mass is 9.88. The summed E-state index contributed by atoms with van der Waals surface area (Å²) in [5, 5.41) is 0. The number of aryl methyl sites for hydroxylation is 2. The number of carbonyl (C=O) groups excluding carboxylic acids is 1. The predicted molar refractivity (Wildman–Crippen MR) is 113 cm³/mol. The van der Waals surface area contributed by atoms with E-state index in [1.807, 2.05) is 19.1 Å². The molecule has 0 aliphatic rings. The molecule has 0 aromatic heterocycles. The Morgan fingerprint density at radius 1 is 1.19 bits per heavy atom. The second-order valence-electron chi connectivity index (χ2n) is 7.40. The van der Waals surface area contributed by atoms with Crippen molar-refractivity contribution >= 4 is 5.97 Å². The summed E-state index contributed by atoms with van der Waals surface area (Å²) in [6.45, 7) is 5.03. The number of alkyl halides is 3. The lowest BCUT2D eigenvalue weighted by Gasteiger charge is -2.20. The second kappa shape index (κ2) is 10.7. The molecule has 8 heteroatoms. The number of nitrogens with two attached hydrogens (primary N) is 1. The number of esters is 1. The van der Waals surface area contributed by atoms with Crippen LogP contribution in [0.1, 0.15) is 55.0 Å². The molecule has 0 heterocycles. The summed E-state index contributed by atoms with van der Waals surface area (Å²) in [5.41, 5.74) is 5.30. The predicted octanol–water partition coefficient (Wildman–Crippen LogP) is 6.42. The molecule has 2 aromatic rings. The van der Waals surface area contributed by atoms with Gasteiger partial charge < -0.3 is 10.5 Å². The molecule has 0 spiro atoms. The van der Waals surface area contributed by atoms with Gasteiger partial charge in [-0.15, -0.1) is 0 Å². The van der Waals surface area contributed by atoms with E-state index in [1.165, 1.54) is 18.2 Å². The second-order valence-corrected chi connectivity index (χ2v) is 7.40. The zero-order valence-electron chi connectivity index (χ0n) is 18.2. The van der Waals surface area contributed by atoms with Gasteiger partial charge in [0.15, 0.2) is 0 Å². The quantitative estimate of drug-likeness (QED) is 0.284. The Labute approximate surface area is 184 Å². The van der Waals surface area contributed by atoms with E-state index in [0.717, 1.165) is 0 Å². The Bertz CT molecular complexity index is 999. The van der Waals surface area contributed by atoms with E-state index in [-0.39, 0.29) is 12.2 Å². The van der Waals surface area contributed by atoms with Gasteiger partial charge in [-0.05, 0) is 80.1 Å². The molecular weight excluding hydrogens is 429 g/mol. The Kier molecular flexibility index (Phi) is 8.55. The first-order valence-electron chi connectivity index (χ1n) is 10.2. The molecule has 2 N–H and O–H groups in total. The van der Waals surface area contributed by atoms with E-state index >= 15 is 0 Å². The maximum absolute atomic E-state index is 14.8. The van der Waals surface area contributed by atoms with Crippen LogP contribution in [0.3, 0.4) is 0 Å². The van der Waals surface area contributed by atoms with Crippen molar-refractivity contribution < 1.29 is 31.5 Å². The van der Waals surface area contributed by atoms with E-state index in [0.29, 0.717) is 35.6 Å². The van der Waals surface area contributed by atoms with Gasteiger partial charge in [-0.1, -0.05) is 12.2 Å². The fourth-order valence-corrected chi connectivity index (χ4v) is 3.61. The third kappa shape index (κ3) is 6.16. The van der Waals surface area contributed by atoms with Crippen LogP contribution in [-0.4, -0.2) is 12.6 Å². The highest BCUT2D eigenvalue weighted by molar-refractivity contribution is 5.74. The van der Waals surface area contributed by atoms with E-state index in [4.69, 9.17) is 10.5 Å². The van der Waals surface area contributed by atoms with Crippen molar-refractivity contribution in [1.82, 2.24) is 0 Å². The number of hydrogen-bond acceptors (Lipinski definition) is 3. The van der Waals surface area contributed by atoms with Crippen LogP contribution in [0.15, 0.2) is 36.4 Å². The molecule has 174 valence electrons. The van der Waals surface area contributed by atoms with Gasteiger partial charge in [0.05, 0.1) is 18.6 Å². The van der Waals surface area contributed by atoms with Gasteiger partial charge in [0.25, 0.3) is 0 Å². The molecule has 0 aliphatic carbocycles. The third-order valence-electron chi connectivity index (χ3n) is 4.98. The maximum atomic E-state index is 14.8. The van der Waals surface area contributed by atoms with Crippen LogP contribution in [-0.2, 0) is 22.1 Å². The topological polar surface area (TPSA) is 52.3 Å². The smallest absolute Gasteiger partial charge is 0.419 e. The Hall–Kier alpha value is -2.74. The molecule has 3 nitrogen and oxygen atoms in total. The van der Waals surface area contributed by atoms with Crippen LogP contribution >= 0.6 is 0 Å². The normalized spacial score (nSPS) is 12.9. The van der Waals surface area contributed by atoms with Crippen molar-refractivity contribution in [2.45, 2.75) is 52.3 Å². The molecule has 0 saturated heterocycles. The number of halogens is 5. The zero-order valence-corrected chi connectivity index (χ0v) is 18.2. The van der Waals surface area contributed by atoms with Crippen molar-refractivity contribution in [1.29, 1.82) is 0 Å². The van der Waals surface area contributed by atoms with Crippen molar-refractivity contribution in [2.24, 2.45) is 5.73 Å². The zero-order chi connectivity index (χ0) is 24.1. The minimum atomic E-state index is -4.99. The van der Waals surface area contributed by atoms with Crippen molar-refractivity contribution in [3.63, 3.8) is 0 Å². The monoisotopic (exact) mass is 455 g/mol. The largest absolute Gasteiger partial charge is 0.466 e. The summed E-state index contributed by atoms with van der Waals surface area (Å²) in [7, 11) is 0. The average Bonchev–Trinajstić information content (AvgIpc) is 2.67. The number of ether oxygens (including phenoxy) is 1. The molecule has 0 saturated carbocycles. The molecule has 0 radical (unpaired) electrons. The van der Waals surface area contributed by atoms with Gasteiger partial charge in [-0.2, -0.15) is 13.2 Å².